The number of aromatic nitrogens is 2. The van der Waals surface area contributed by atoms with E-state index in [1.54, 1.807) is 27.0 Å². The number of carbonyl (C=O) groups excluding carboxylic acids is 4. The van der Waals surface area contributed by atoms with Crippen LogP contribution < -0.4 is 21.3 Å². The largest absolute Gasteiger partial charge is 0.481 e. The van der Waals surface area contributed by atoms with Gasteiger partial charge in [-0.1, -0.05) is 107 Å². The lowest BCUT2D eigenvalue weighted by atomic mass is 9.83. The van der Waals surface area contributed by atoms with E-state index in [2.05, 4.69) is 31.2 Å². The predicted octanol–water partition coefficient (Wildman–Crippen LogP) is 5.88. The number of hydrogen-bond donors (Lipinski definition) is 7. The van der Waals surface area contributed by atoms with Gasteiger partial charge in [-0.2, -0.15) is 0 Å². The number of imidazole rings is 1. The molecule has 7 N–H and O–H groups in total. The highest BCUT2D eigenvalue weighted by atomic mass is 16.6. The second kappa shape index (κ2) is 25.7. The van der Waals surface area contributed by atoms with Gasteiger partial charge in [-0.3, -0.25) is 19.2 Å². The Labute approximate surface area is 338 Å². The quantitative estimate of drug-likeness (QED) is 0.0566. The minimum atomic E-state index is -1.14. The molecule has 1 fully saturated rings. The van der Waals surface area contributed by atoms with Crippen molar-refractivity contribution in [1.82, 2.24) is 31.2 Å². The van der Waals surface area contributed by atoms with Gasteiger partial charge in [0.15, 0.2) is 0 Å². The average Bonchev–Trinajstić information content (AvgIpc) is 3.67. The molecule has 1 aliphatic rings. The Morgan fingerprint density at radius 1 is 0.825 bits per heavy atom. The molecule has 0 radical (unpaired) electrons. The van der Waals surface area contributed by atoms with Crippen molar-refractivity contribution >= 4 is 29.8 Å². The predicted molar refractivity (Wildman–Crippen MR) is 218 cm³/mol. The number of hydrogen-bond acceptors (Lipinski definition) is 8. The zero-order valence-electron chi connectivity index (χ0n) is 34.4. The first-order valence-electron chi connectivity index (χ1n) is 21.1. The standard InChI is InChI=1S/C43H68N6O8/c1-43(2,3)57-42(56)49-35(26-32-21-15-12-16-22-32)40(54)48-36(27-33-29-44-30-46-33)41(55)47-34(25-31-19-13-11-14-20-31)37(50)28-38(51)45-24-18-10-8-6-4-5-7-9-17-23-39(52)53/h12,15-16,21-22,29-31,34-37,50H,4-11,13-14,17-20,23-28H2,1-3H3,(H,44,46)(H,45,51)(H,47,55)(H,48,54)(H,49,56)(H,52,53)/t34-,35-,36-,37-/m0/s1. The van der Waals surface area contributed by atoms with Crippen molar-refractivity contribution in [1.29, 1.82) is 0 Å². The maximum Gasteiger partial charge on any atom is 0.408 e. The Hall–Kier alpha value is -4.46. The Morgan fingerprint density at radius 2 is 1.44 bits per heavy atom. The summed E-state index contributed by atoms with van der Waals surface area (Å²) in [5, 5.41) is 31.7. The van der Waals surface area contributed by atoms with Crippen molar-refractivity contribution in [2.45, 2.75) is 173 Å². The Morgan fingerprint density at radius 3 is 2.05 bits per heavy atom. The maximum absolute atomic E-state index is 14.1. The number of ether oxygens (including phenoxy) is 1. The van der Waals surface area contributed by atoms with E-state index in [-0.39, 0.29) is 37.5 Å². The SMILES string of the molecule is CC(C)(C)OC(=O)N[C@@H](Cc1ccccc1)C(=O)N[C@@H](Cc1cnc[nH]1)C(=O)N[C@@H](CC1CCCCC1)[C@@H](O)CC(=O)NCCCCCCCCCCCC(=O)O. The van der Waals surface area contributed by atoms with Crippen molar-refractivity contribution in [3.63, 3.8) is 0 Å². The third-order valence-electron chi connectivity index (χ3n) is 10.3. The number of nitrogens with zero attached hydrogens (tertiary/aromatic N) is 1. The number of alkyl carbamates (subject to hydrolysis) is 1. The van der Waals surface area contributed by atoms with Gasteiger partial charge in [0, 0.05) is 37.7 Å². The van der Waals surface area contributed by atoms with Crippen LogP contribution >= 0.6 is 0 Å². The number of carbonyl (C=O) groups is 5. The number of benzene rings is 1. The van der Waals surface area contributed by atoms with E-state index >= 15 is 0 Å². The Bertz CT molecular complexity index is 1480. The molecule has 4 amide bonds. The van der Waals surface area contributed by atoms with Gasteiger partial charge in [-0.25, -0.2) is 9.78 Å². The summed E-state index contributed by atoms with van der Waals surface area (Å²) < 4.78 is 5.45. The van der Waals surface area contributed by atoms with Crippen LogP contribution in [0.4, 0.5) is 4.79 Å². The lowest BCUT2D eigenvalue weighted by Gasteiger charge is -2.31. The van der Waals surface area contributed by atoms with E-state index < -0.39 is 53.7 Å². The van der Waals surface area contributed by atoms with Crippen LogP contribution in [0.2, 0.25) is 0 Å². The first kappa shape index (κ1) is 46.9. The van der Waals surface area contributed by atoms with Crippen LogP contribution in [0.3, 0.4) is 0 Å². The van der Waals surface area contributed by atoms with Gasteiger partial charge in [-0.15, -0.1) is 0 Å². The minimum absolute atomic E-state index is 0.0710. The molecule has 0 aliphatic heterocycles. The number of carboxylic acids is 1. The van der Waals surface area contributed by atoms with E-state index in [1.165, 1.54) is 6.33 Å². The van der Waals surface area contributed by atoms with Crippen molar-refractivity contribution in [2.75, 3.05) is 6.54 Å². The lowest BCUT2D eigenvalue weighted by Crippen LogP contribution is -2.58. The van der Waals surface area contributed by atoms with Crippen LogP contribution in [0.5, 0.6) is 0 Å². The molecule has 4 atom stereocenters. The van der Waals surface area contributed by atoms with Crippen LogP contribution in [0.25, 0.3) is 0 Å². The summed E-state index contributed by atoms with van der Waals surface area (Å²) in [5.74, 6) is -1.85. The summed E-state index contributed by atoms with van der Waals surface area (Å²) in [6.45, 7) is 5.69. The van der Waals surface area contributed by atoms with Crippen LogP contribution in [0.1, 0.15) is 141 Å². The monoisotopic (exact) mass is 797 g/mol. The minimum Gasteiger partial charge on any atom is -0.481 e. The number of amides is 4. The first-order valence-corrected chi connectivity index (χ1v) is 21.1. The molecule has 0 bridgehead atoms. The van der Waals surface area contributed by atoms with Crippen LogP contribution in [0, 0.1) is 5.92 Å². The van der Waals surface area contributed by atoms with E-state index in [0.717, 1.165) is 95.5 Å². The van der Waals surface area contributed by atoms with Gasteiger partial charge in [-0.05, 0) is 51.5 Å². The number of nitrogens with one attached hydrogen (secondary N) is 5. The highest BCUT2D eigenvalue weighted by Crippen LogP contribution is 2.28. The molecule has 1 saturated carbocycles. The molecule has 1 heterocycles. The maximum atomic E-state index is 14.1. The van der Waals surface area contributed by atoms with Crippen molar-refractivity contribution in [3.05, 3.63) is 54.1 Å². The average molecular weight is 797 g/mol. The highest BCUT2D eigenvalue weighted by Gasteiger charge is 2.33. The number of aliphatic hydroxyl groups excluding tert-OH is 1. The third-order valence-corrected chi connectivity index (χ3v) is 10.3. The van der Waals surface area contributed by atoms with Gasteiger partial charge in [0.2, 0.25) is 17.7 Å². The van der Waals surface area contributed by atoms with Gasteiger partial charge < -0.3 is 41.2 Å². The van der Waals surface area contributed by atoms with Crippen LogP contribution in [0.15, 0.2) is 42.9 Å². The summed E-state index contributed by atoms with van der Waals surface area (Å²) in [5.41, 5.74) is 0.613. The molecule has 3 rings (SSSR count). The molecule has 1 aromatic heterocycles. The molecule has 0 unspecified atom stereocenters. The third kappa shape index (κ3) is 20.5. The topological polar surface area (TPSA) is 212 Å². The molecular formula is C43H68N6O8. The molecule has 1 aliphatic carbocycles. The molecule has 14 heteroatoms. The number of rotatable bonds is 26. The molecule has 0 saturated heterocycles. The van der Waals surface area contributed by atoms with Crippen molar-refractivity contribution in [2.24, 2.45) is 5.92 Å². The van der Waals surface area contributed by atoms with Crippen molar-refractivity contribution in [3.8, 4) is 0 Å². The zero-order chi connectivity index (χ0) is 41.5. The van der Waals surface area contributed by atoms with Gasteiger partial charge >= 0.3 is 12.1 Å². The smallest absolute Gasteiger partial charge is 0.408 e. The molecule has 14 nitrogen and oxygen atoms in total. The number of aliphatic hydroxyl groups is 1. The van der Waals surface area contributed by atoms with Gasteiger partial charge in [0.05, 0.1) is 24.9 Å². The molecular weight excluding hydrogens is 729 g/mol. The molecule has 2 aromatic rings. The number of H-pyrrole nitrogens is 1. The fourth-order valence-electron chi connectivity index (χ4n) is 7.26. The van der Waals surface area contributed by atoms with E-state index in [1.807, 2.05) is 30.3 Å². The zero-order valence-corrected chi connectivity index (χ0v) is 34.4. The number of unbranched alkanes of at least 4 members (excludes halogenated alkanes) is 8. The number of aliphatic carboxylic acids is 1. The summed E-state index contributed by atoms with van der Waals surface area (Å²) in [6, 6.07) is 6.34. The fourth-order valence-corrected chi connectivity index (χ4v) is 7.26. The van der Waals surface area contributed by atoms with Crippen LogP contribution in [-0.2, 0) is 36.8 Å². The molecule has 0 spiro atoms. The molecule has 57 heavy (non-hydrogen) atoms. The van der Waals surface area contributed by atoms with E-state index in [9.17, 15) is 29.1 Å². The highest BCUT2D eigenvalue weighted by molar-refractivity contribution is 5.92. The van der Waals surface area contributed by atoms with Gasteiger partial charge in [0.1, 0.15) is 17.7 Å². The van der Waals surface area contributed by atoms with Crippen molar-refractivity contribution < 1.29 is 38.9 Å². The molecule has 1 aromatic carbocycles. The summed E-state index contributed by atoms with van der Waals surface area (Å²) in [7, 11) is 0. The fraction of sp³-hybridized carbons (Fsp3) is 0.674. The lowest BCUT2D eigenvalue weighted by molar-refractivity contribution is -0.137. The summed E-state index contributed by atoms with van der Waals surface area (Å²) in [4.78, 5) is 71.6. The Kier molecular flexibility index (Phi) is 21.2. The van der Waals surface area contributed by atoms with Gasteiger partial charge in [0.25, 0.3) is 0 Å². The van der Waals surface area contributed by atoms with Crippen LogP contribution in [-0.4, -0.2) is 86.3 Å². The first-order chi connectivity index (χ1) is 27.3. The second-order valence-electron chi connectivity index (χ2n) is 16.5. The summed E-state index contributed by atoms with van der Waals surface area (Å²) >= 11 is 0. The second-order valence-corrected chi connectivity index (χ2v) is 16.5. The Balaban J connectivity index is 1.61. The number of carboxylic acid groups (broad SMARTS) is 1. The number of aromatic amines is 1. The summed E-state index contributed by atoms with van der Waals surface area (Å²) in [6.07, 6.45) is 16.1. The van der Waals surface area contributed by atoms with E-state index in [4.69, 9.17) is 9.84 Å². The molecule has 318 valence electrons. The van der Waals surface area contributed by atoms with E-state index in [0.29, 0.717) is 18.7 Å². The normalized spacial score (nSPS) is 15.4.